The topological polar surface area (TPSA) is 134 Å². The summed E-state index contributed by atoms with van der Waals surface area (Å²) >= 11 is 0. The van der Waals surface area contributed by atoms with E-state index in [-0.39, 0.29) is 26.1 Å². The summed E-state index contributed by atoms with van der Waals surface area (Å²) < 4.78 is 10.0. The number of aliphatic hydroxyl groups excluding tert-OH is 1. The molecule has 0 aliphatic rings. The van der Waals surface area contributed by atoms with Crippen LogP contribution in [-0.4, -0.2) is 72.3 Å². The minimum atomic E-state index is -1.08. The molecule has 1 unspecified atom stereocenters. The minimum Gasteiger partial charge on any atom is -0.466 e. The number of rotatable bonds is 11. The van der Waals surface area contributed by atoms with E-state index >= 15 is 0 Å². The van der Waals surface area contributed by atoms with E-state index in [1.807, 2.05) is 32.0 Å². The van der Waals surface area contributed by atoms with Crippen molar-refractivity contribution in [1.82, 2.24) is 15.5 Å². The number of carbonyl (C=O) groups is 4. The molecule has 190 valence electrons. The van der Waals surface area contributed by atoms with E-state index in [1.54, 1.807) is 27.7 Å². The predicted molar refractivity (Wildman–Crippen MR) is 126 cm³/mol. The highest BCUT2D eigenvalue weighted by atomic mass is 16.6. The predicted octanol–water partition coefficient (Wildman–Crippen LogP) is 1.76. The van der Waals surface area contributed by atoms with E-state index in [2.05, 4.69) is 10.6 Å². The standard InChI is InChI=1S/C24H37N3O7/c1-7-33-19(30)11-12-25-22(31)21(20-16(2)9-8-10-17(20)3)27(13-14-28)18(29)15-26-23(32)34-24(4,5)6/h8-10,21,28H,7,11-15H2,1-6H3,(H,25,31)(H,26,32). The van der Waals surface area contributed by atoms with Gasteiger partial charge in [0, 0.05) is 13.1 Å². The molecule has 0 spiro atoms. The number of ether oxygens (including phenoxy) is 2. The van der Waals surface area contributed by atoms with Crippen LogP contribution in [-0.2, 0) is 23.9 Å². The second-order valence-electron chi connectivity index (χ2n) is 8.72. The molecule has 10 heteroatoms. The van der Waals surface area contributed by atoms with Gasteiger partial charge in [-0.3, -0.25) is 14.4 Å². The van der Waals surface area contributed by atoms with Crippen LogP contribution in [0.3, 0.4) is 0 Å². The quantitative estimate of drug-likeness (QED) is 0.412. The van der Waals surface area contributed by atoms with Gasteiger partial charge >= 0.3 is 12.1 Å². The van der Waals surface area contributed by atoms with Crippen molar-refractivity contribution < 1.29 is 33.8 Å². The minimum absolute atomic E-state index is 0.0206. The molecular formula is C24H37N3O7. The first kappa shape index (κ1) is 28.9. The molecule has 0 bridgehead atoms. The Labute approximate surface area is 201 Å². The van der Waals surface area contributed by atoms with Gasteiger partial charge in [0.25, 0.3) is 0 Å². The van der Waals surface area contributed by atoms with Gasteiger partial charge in [-0.2, -0.15) is 0 Å². The first-order valence-corrected chi connectivity index (χ1v) is 11.3. The summed E-state index contributed by atoms with van der Waals surface area (Å²) in [6, 6.07) is 4.40. The Morgan fingerprint density at radius 1 is 1.09 bits per heavy atom. The average Bonchev–Trinajstić information content (AvgIpc) is 2.72. The zero-order chi connectivity index (χ0) is 25.9. The van der Waals surface area contributed by atoms with Crippen molar-refractivity contribution in [3.8, 4) is 0 Å². The van der Waals surface area contributed by atoms with Gasteiger partial charge in [0.05, 0.1) is 19.6 Å². The number of nitrogens with zero attached hydrogens (tertiary/aromatic N) is 1. The number of alkyl carbamates (subject to hydrolysis) is 1. The second kappa shape index (κ2) is 13.5. The number of aryl methyl sites for hydroxylation is 2. The Morgan fingerprint density at radius 2 is 1.71 bits per heavy atom. The Bertz CT molecular complexity index is 844. The number of aliphatic hydroxyl groups is 1. The molecule has 10 nitrogen and oxygen atoms in total. The highest BCUT2D eigenvalue weighted by Gasteiger charge is 2.33. The fourth-order valence-corrected chi connectivity index (χ4v) is 3.37. The maximum absolute atomic E-state index is 13.3. The number of nitrogens with one attached hydrogen (secondary N) is 2. The number of carbonyl (C=O) groups excluding carboxylic acids is 4. The van der Waals surface area contributed by atoms with Gasteiger partial charge in [-0.1, -0.05) is 18.2 Å². The molecule has 0 fully saturated rings. The van der Waals surface area contributed by atoms with Gasteiger partial charge in [0.15, 0.2) is 0 Å². The van der Waals surface area contributed by atoms with E-state index in [4.69, 9.17) is 9.47 Å². The number of esters is 1. The van der Waals surface area contributed by atoms with Gasteiger partial charge < -0.3 is 30.1 Å². The number of hydrogen-bond donors (Lipinski definition) is 3. The first-order chi connectivity index (χ1) is 15.9. The lowest BCUT2D eigenvalue weighted by Crippen LogP contribution is -2.49. The van der Waals surface area contributed by atoms with Crippen LogP contribution in [0, 0.1) is 13.8 Å². The van der Waals surface area contributed by atoms with Crippen LogP contribution in [0.15, 0.2) is 18.2 Å². The fraction of sp³-hybridized carbons (Fsp3) is 0.583. The van der Waals surface area contributed by atoms with Crippen LogP contribution >= 0.6 is 0 Å². The lowest BCUT2D eigenvalue weighted by Gasteiger charge is -2.33. The molecular weight excluding hydrogens is 442 g/mol. The van der Waals surface area contributed by atoms with Gasteiger partial charge in [0.2, 0.25) is 11.8 Å². The summed E-state index contributed by atoms with van der Waals surface area (Å²) in [5.74, 6) is -1.54. The average molecular weight is 480 g/mol. The summed E-state index contributed by atoms with van der Waals surface area (Å²) in [6.45, 7) is 9.73. The van der Waals surface area contributed by atoms with E-state index in [9.17, 15) is 24.3 Å². The van der Waals surface area contributed by atoms with Gasteiger partial charge in [0.1, 0.15) is 18.2 Å². The number of amides is 3. The molecule has 1 aromatic carbocycles. The van der Waals surface area contributed by atoms with E-state index in [0.717, 1.165) is 11.1 Å². The van der Waals surface area contributed by atoms with Crippen molar-refractivity contribution in [2.45, 2.75) is 59.6 Å². The van der Waals surface area contributed by atoms with Crippen LogP contribution < -0.4 is 10.6 Å². The molecule has 0 saturated heterocycles. The first-order valence-electron chi connectivity index (χ1n) is 11.3. The van der Waals surface area contributed by atoms with Gasteiger partial charge in [-0.05, 0) is 58.2 Å². The summed E-state index contributed by atoms with van der Waals surface area (Å²) in [5, 5.41) is 14.7. The molecule has 0 saturated carbocycles. The lowest BCUT2D eigenvalue weighted by molar-refractivity contribution is -0.143. The molecule has 0 aliphatic heterocycles. The monoisotopic (exact) mass is 479 g/mol. The normalized spacial score (nSPS) is 11.9. The van der Waals surface area contributed by atoms with Crippen LogP contribution in [0.1, 0.15) is 56.8 Å². The highest BCUT2D eigenvalue weighted by Crippen LogP contribution is 2.28. The van der Waals surface area contributed by atoms with Crippen LogP contribution in [0.4, 0.5) is 4.79 Å². The molecule has 1 atom stereocenters. The van der Waals surface area contributed by atoms with Crippen molar-refractivity contribution in [2.24, 2.45) is 0 Å². The maximum atomic E-state index is 13.3. The second-order valence-corrected chi connectivity index (χ2v) is 8.72. The lowest BCUT2D eigenvalue weighted by atomic mass is 9.94. The summed E-state index contributed by atoms with van der Waals surface area (Å²) in [7, 11) is 0. The molecule has 3 amide bonds. The molecule has 0 aliphatic carbocycles. The van der Waals surface area contributed by atoms with E-state index in [1.165, 1.54) is 4.90 Å². The van der Waals surface area contributed by atoms with Gasteiger partial charge in [-0.15, -0.1) is 0 Å². The van der Waals surface area contributed by atoms with Crippen LogP contribution in [0.2, 0.25) is 0 Å². The van der Waals surface area contributed by atoms with E-state index in [0.29, 0.717) is 5.56 Å². The van der Waals surface area contributed by atoms with Crippen molar-refractivity contribution in [1.29, 1.82) is 0 Å². The summed E-state index contributed by atoms with van der Waals surface area (Å²) in [5.41, 5.74) is 1.43. The van der Waals surface area contributed by atoms with Crippen LogP contribution in [0.25, 0.3) is 0 Å². The highest BCUT2D eigenvalue weighted by molar-refractivity contribution is 5.91. The summed E-state index contributed by atoms with van der Waals surface area (Å²) in [4.78, 5) is 51.3. The summed E-state index contributed by atoms with van der Waals surface area (Å²) in [6.07, 6.45) is -0.792. The zero-order valence-corrected chi connectivity index (χ0v) is 20.9. The Balaban J connectivity index is 3.17. The van der Waals surface area contributed by atoms with Crippen molar-refractivity contribution >= 4 is 23.9 Å². The fourth-order valence-electron chi connectivity index (χ4n) is 3.37. The SMILES string of the molecule is CCOC(=O)CCNC(=O)C(c1c(C)cccc1C)N(CCO)C(=O)CNC(=O)OC(C)(C)C. The zero-order valence-electron chi connectivity index (χ0n) is 20.9. The molecule has 0 aromatic heterocycles. The number of hydrogen-bond acceptors (Lipinski definition) is 7. The molecule has 3 N–H and O–H groups in total. The molecule has 1 rings (SSSR count). The number of benzene rings is 1. The molecule has 0 heterocycles. The molecule has 0 radical (unpaired) electrons. The van der Waals surface area contributed by atoms with Crippen molar-refractivity contribution in [3.05, 3.63) is 34.9 Å². The Kier molecular flexibility index (Phi) is 11.5. The molecule has 1 aromatic rings. The van der Waals surface area contributed by atoms with Crippen LogP contribution in [0.5, 0.6) is 0 Å². The smallest absolute Gasteiger partial charge is 0.408 e. The third-order valence-electron chi connectivity index (χ3n) is 4.75. The largest absolute Gasteiger partial charge is 0.466 e. The van der Waals surface area contributed by atoms with Crippen molar-refractivity contribution in [2.75, 3.05) is 32.8 Å². The Morgan fingerprint density at radius 3 is 2.24 bits per heavy atom. The Hall–Kier alpha value is -3.14. The van der Waals surface area contributed by atoms with E-state index < -0.39 is 48.7 Å². The van der Waals surface area contributed by atoms with Gasteiger partial charge in [-0.25, -0.2) is 4.79 Å². The maximum Gasteiger partial charge on any atom is 0.408 e. The molecule has 34 heavy (non-hydrogen) atoms. The third-order valence-corrected chi connectivity index (χ3v) is 4.75. The van der Waals surface area contributed by atoms with Crippen molar-refractivity contribution in [3.63, 3.8) is 0 Å². The third kappa shape index (κ3) is 9.38.